The van der Waals surface area contributed by atoms with E-state index >= 15 is 0 Å². The Morgan fingerprint density at radius 1 is 1.27 bits per heavy atom. The monoisotopic (exact) mass is 318 g/mol. The first-order chi connectivity index (χ1) is 10.5. The van der Waals surface area contributed by atoms with Gasteiger partial charge < -0.3 is 5.32 Å². The number of piperidine rings is 1. The summed E-state index contributed by atoms with van der Waals surface area (Å²) in [5.41, 5.74) is 2.38. The number of Topliss-reactive ketones (excluding diaryl/α,β-unsaturated/α-hetero) is 1. The SMILES string of the molecule is C[C@@H]1CN2CC3=C(CNc4ccccc4S2(=O)=O)C(=O)C[C@H]31. The van der Waals surface area contributed by atoms with Crippen molar-refractivity contribution >= 4 is 21.5 Å². The molecule has 2 heterocycles. The summed E-state index contributed by atoms with van der Waals surface area (Å²) in [7, 11) is -3.54. The third kappa shape index (κ3) is 1.87. The summed E-state index contributed by atoms with van der Waals surface area (Å²) in [6, 6.07) is 6.93. The number of nitrogens with one attached hydrogen (secondary N) is 1. The second kappa shape index (κ2) is 4.67. The number of benzene rings is 1. The zero-order valence-electron chi connectivity index (χ0n) is 12.4. The summed E-state index contributed by atoms with van der Waals surface area (Å²) in [5, 5.41) is 3.16. The lowest BCUT2D eigenvalue weighted by Gasteiger charge is -2.35. The third-order valence-corrected chi connectivity index (χ3v) is 6.93. The average molecular weight is 318 g/mol. The minimum Gasteiger partial charge on any atom is -0.380 e. The Morgan fingerprint density at radius 3 is 2.86 bits per heavy atom. The summed E-state index contributed by atoms with van der Waals surface area (Å²) < 4.78 is 27.5. The molecule has 1 N–H and O–H groups in total. The van der Waals surface area contributed by atoms with E-state index in [9.17, 15) is 13.2 Å². The van der Waals surface area contributed by atoms with Gasteiger partial charge in [-0.1, -0.05) is 19.1 Å². The largest absolute Gasteiger partial charge is 0.380 e. The summed E-state index contributed by atoms with van der Waals surface area (Å²) in [4.78, 5) is 12.6. The highest BCUT2D eigenvalue weighted by molar-refractivity contribution is 7.89. The minimum absolute atomic E-state index is 0.165. The van der Waals surface area contributed by atoms with Crippen LogP contribution in [0.3, 0.4) is 0 Å². The number of nitrogens with zero attached hydrogens (tertiary/aromatic N) is 1. The van der Waals surface area contributed by atoms with E-state index in [1.165, 1.54) is 4.31 Å². The maximum Gasteiger partial charge on any atom is 0.245 e. The highest BCUT2D eigenvalue weighted by atomic mass is 32.2. The second-order valence-corrected chi connectivity index (χ2v) is 8.27. The van der Waals surface area contributed by atoms with E-state index in [1.807, 2.05) is 6.92 Å². The van der Waals surface area contributed by atoms with Crippen molar-refractivity contribution in [3.05, 3.63) is 35.4 Å². The Bertz CT molecular complexity index is 797. The molecular formula is C16H18N2O3S. The van der Waals surface area contributed by atoms with Gasteiger partial charge in [0, 0.05) is 31.6 Å². The van der Waals surface area contributed by atoms with Crippen LogP contribution in [0.4, 0.5) is 5.69 Å². The Kier molecular flexibility index (Phi) is 2.96. The molecule has 4 rings (SSSR count). The van der Waals surface area contributed by atoms with Gasteiger partial charge in [0.25, 0.3) is 0 Å². The van der Waals surface area contributed by atoms with E-state index in [0.717, 1.165) is 11.1 Å². The zero-order chi connectivity index (χ0) is 15.5. The van der Waals surface area contributed by atoms with Gasteiger partial charge in [-0.05, 0) is 29.5 Å². The predicted octanol–water partition coefficient (Wildman–Crippen LogP) is 1.64. The first kappa shape index (κ1) is 14.0. The number of anilines is 1. The first-order valence-electron chi connectivity index (χ1n) is 7.56. The number of para-hydroxylation sites is 1. The summed E-state index contributed by atoms with van der Waals surface area (Å²) in [5.74, 6) is 0.542. The topological polar surface area (TPSA) is 66.5 Å². The fraction of sp³-hybridized carbons (Fsp3) is 0.438. The van der Waals surface area contributed by atoms with Gasteiger partial charge in [-0.25, -0.2) is 8.42 Å². The number of hydrogen-bond donors (Lipinski definition) is 1. The molecule has 3 atom stereocenters. The molecule has 116 valence electrons. The van der Waals surface area contributed by atoms with Gasteiger partial charge in [-0.3, -0.25) is 4.79 Å². The molecule has 1 aliphatic carbocycles. The van der Waals surface area contributed by atoms with E-state index in [2.05, 4.69) is 5.32 Å². The molecule has 1 saturated heterocycles. The minimum atomic E-state index is -3.54. The Labute approximate surface area is 130 Å². The number of rotatable bonds is 0. The molecule has 6 heteroatoms. The molecule has 0 radical (unpaired) electrons. The molecule has 0 aromatic heterocycles. The Balaban J connectivity index is 1.92. The molecule has 0 saturated carbocycles. The Morgan fingerprint density at radius 2 is 2.05 bits per heavy atom. The van der Waals surface area contributed by atoms with Gasteiger partial charge in [0.15, 0.2) is 5.78 Å². The van der Waals surface area contributed by atoms with E-state index in [1.54, 1.807) is 24.3 Å². The molecule has 1 aromatic carbocycles. The van der Waals surface area contributed by atoms with E-state index < -0.39 is 10.0 Å². The molecule has 5 nitrogen and oxygen atoms in total. The summed E-state index contributed by atoms with van der Waals surface area (Å²) in [6.45, 7) is 3.29. The summed E-state index contributed by atoms with van der Waals surface area (Å²) >= 11 is 0. The third-order valence-electron chi connectivity index (χ3n) is 5.06. The lowest BCUT2D eigenvalue weighted by atomic mass is 9.85. The molecular weight excluding hydrogens is 300 g/mol. The van der Waals surface area contributed by atoms with Crippen molar-refractivity contribution in [2.75, 3.05) is 25.0 Å². The molecule has 1 unspecified atom stereocenters. The molecule has 22 heavy (non-hydrogen) atoms. The van der Waals surface area contributed by atoms with Crippen molar-refractivity contribution in [1.29, 1.82) is 0 Å². The van der Waals surface area contributed by atoms with Crippen LogP contribution in [0.5, 0.6) is 0 Å². The highest BCUT2D eigenvalue weighted by Crippen LogP contribution is 2.42. The molecule has 0 amide bonds. The lowest BCUT2D eigenvalue weighted by Crippen LogP contribution is -2.43. The van der Waals surface area contributed by atoms with E-state index in [0.29, 0.717) is 36.6 Å². The van der Waals surface area contributed by atoms with Crippen molar-refractivity contribution in [1.82, 2.24) is 4.31 Å². The van der Waals surface area contributed by atoms with Crippen LogP contribution in [0.2, 0.25) is 0 Å². The summed E-state index contributed by atoms with van der Waals surface area (Å²) in [6.07, 6.45) is 0.531. The maximum absolute atomic E-state index is 13.0. The van der Waals surface area contributed by atoms with Crippen LogP contribution in [0, 0.1) is 11.8 Å². The predicted molar refractivity (Wildman–Crippen MR) is 83.0 cm³/mol. The van der Waals surface area contributed by atoms with Crippen molar-refractivity contribution in [2.24, 2.45) is 11.8 Å². The second-order valence-electron chi connectivity index (χ2n) is 6.36. The van der Waals surface area contributed by atoms with Gasteiger partial charge in [-0.15, -0.1) is 0 Å². The smallest absolute Gasteiger partial charge is 0.245 e. The fourth-order valence-electron chi connectivity index (χ4n) is 3.86. The van der Waals surface area contributed by atoms with Crippen LogP contribution in [0.25, 0.3) is 0 Å². The van der Waals surface area contributed by atoms with Crippen LogP contribution >= 0.6 is 0 Å². The fourth-order valence-corrected chi connectivity index (χ4v) is 5.55. The molecule has 3 aliphatic rings. The molecule has 1 fully saturated rings. The zero-order valence-corrected chi connectivity index (χ0v) is 13.2. The van der Waals surface area contributed by atoms with Crippen LogP contribution in [-0.4, -0.2) is 38.1 Å². The van der Waals surface area contributed by atoms with Gasteiger partial charge in [0.2, 0.25) is 10.0 Å². The van der Waals surface area contributed by atoms with Crippen molar-refractivity contribution in [2.45, 2.75) is 18.2 Å². The molecule has 2 aliphatic heterocycles. The number of carbonyl (C=O) groups excluding carboxylic acids is 1. The average Bonchev–Trinajstić information content (AvgIpc) is 2.82. The number of carbonyl (C=O) groups is 1. The Hall–Kier alpha value is -1.66. The number of ketones is 1. The van der Waals surface area contributed by atoms with Gasteiger partial charge >= 0.3 is 0 Å². The van der Waals surface area contributed by atoms with Crippen molar-refractivity contribution < 1.29 is 13.2 Å². The van der Waals surface area contributed by atoms with Gasteiger partial charge in [0.1, 0.15) is 4.90 Å². The van der Waals surface area contributed by atoms with Crippen LogP contribution < -0.4 is 5.32 Å². The van der Waals surface area contributed by atoms with Crippen LogP contribution in [0.1, 0.15) is 13.3 Å². The number of fused-ring (bicyclic) bond motifs is 2. The first-order valence-corrected chi connectivity index (χ1v) is 9.00. The molecule has 2 bridgehead atoms. The van der Waals surface area contributed by atoms with Crippen LogP contribution in [-0.2, 0) is 14.8 Å². The lowest BCUT2D eigenvalue weighted by molar-refractivity contribution is -0.115. The van der Waals surface area contributed by atoms with Crippen molar-refractivity contribution in [3.63, 3.8) is 0 Å². The van der Waals surface area contributed by atoms with Crippen molar-refractivity contribution in [3.8, 4) is 0 Å². The number of sulfonamides is 1. The molecule has 0 spiro atoms. The quantitative estimate of drug-likeness (QED) is 0.790. The number of hydrogen-bond acceptors (Lipinski definition) is 4. The highest BCUT2D eigenvalue weighted by Gasteiger charge is 2.44. The van der Waals surface area contributed by atoms with Gasteiger partial charge in [-0.2, -0.15) is 4.31 Å². The van der Waals surface area contributed by atoms with E-state index in [4.69, 9.17) is 0 Å². The van der Waals surface area contributed by atoms with Gasteiger partial charge in [0.05, 0.1) is 5.69 Å². The molecule has 1 aromatic rings. The van der Waals surface area contributed by atoms with Crippen LogP contribution in [0.15, 0.2) is 40.3 Å². The maximum atomic E-state index is 13.0. The standard InChI is InChI=1S/C16H18N2O3S/c1-10-8-18-9-13-11(10)6-15(19)12(13)7-17-14-4-2-3-5-16(14)22(18,20)21/h2-5,10-11,17H,6-9H2,1H3/t10-,11+/m1/s1. The van der Waals surface area contributed by atoms with E-state index in [-0.39, 0.29) is 17.6 Å². The normalized spacial score (nSPS) is 32.6.